The molecule has 1 saturated heterocycles. The summed E-state index contributed by atoms with van der Waals surface area (Å²) in [7, 11) is 0. The molecule has 138 valence electrons. The molecule has 1 atom stereocenters. The van der Waals surface area contributed by atoms with Gasteiger partial charge in [0.1, 0.15) is 17.4 Å². The molecule has 0 spiro atoms. The monoisotopic (exact) mass is 380 g/mol. The van der Waals surface area contributed by atoms with Crippen molar-refractivity contribution in [2.45, 2.75) is 6.42 Å². The van der Waals surface area contributed by atoms with Crippen molar-refractivity contribution >= 4 is 23.2 Å². The van der Waals surface area contributed by atoms with E-state index in [0.29, 0.717) is 12.5 Å². The fourth-order valence-electron chi connectivity index (χ4n) is 2.93. The maximum absolute atomic E-state index is 13.0. The minimum atomic E-state index is -0.459. The molecule has 26 heavy (non-hydrogen) atoms. The van der Waals surface area contributed by atoms with Crippen molar-refractivity contribution in [3.63, 3.8) is 0 Å². The van der Waals surface area contributed by atoms with Gasteiger partial charge in [-0.2, -0.15) is 0 Å². The van der Waals surface area contributed by atoms with Crippen LogP contribution in [-0.2, 0) is 4.79 Å². The van der Waals surface area contributed by atoms with Crippen molar-refractivity contribution in [1.29, 1.82) is 0 Å². The van der Waals surface area contributed by atoms with Crippen LogP contribution >= 0.6 is 11.6 Å². The predicted octanol–water partition coefficient (Wildman–Crippen LogP) is 3.64. The number of anilines is 1. The third-order valence-electron chi connectivity index (χ3n) is 4.32. The van der Waals surface area contributed by atoms with E-state index in [1.54, 1.807) is 12.1 Å². The van der Waals surface area contributed by atoms with Crippen LogP contribution in [0.1, 0.15) is 6.42 Å². The molecule has 7 heteroatoms. The molecule has 3 rings (SSSR count). The molecular formula is C19H19ClF2N2O2. The number of hydrogen-bond acceptors (Lipinski definition) is 3. The molecule has 4 nitrogen and oxygen atoms in total. The first-order valence-electron chi connectivity index (χ1n) is 8.36. The van der Waals surface area contributed by atoms with Gasteiger partial charge in [0.05, 0.1) is 5.02 Å². The Morgan fingerprint density at radius 2 is 1.92 bits per heavy atom. The van der Waals surface area contributed by atoms with Crippen LogP contribution in [0, 0.1) is 17.6 Å². The highest BCUT2D eigenvalue weighted by Crippen LogP contribution is 2.25. The van der Waals surface area contributed by atoms with E-state index in [4.69, 9.17) is 16.3 Å². The van der Waals surface area contributed by atoms with Gasteiger partial charge in [0.25, 0.3) is 5.91 Å². The first-order valence-corrected chi connectivity index (χ1v) is 8.74. The Hall–Kier alpha value is -2.34. The molecule has 0 bridgehead atoms. The minimum absolute atomic E-state index is 0.128. The average molecular weight is 381 g/mol. The second-order valence-electron chi connectivity index (χ2n) is 6.24. The van der Waals surface area contributed by atoms with Crippen LogP contribution in [0.3, 0.4) is 0 Å². The zero-order valence-electron chi connectivity index (χ0n) is 14.1. The molecule has 0 saturated carbocycles. The number of nitrogens with one attached hydrogen (secondary N) is 1. The van der Waals surface area contributed by atoms with Crippen molar-refractivity contribution < 1.29 is 18.3 Å². The molecule has 0 aromatic heterocycles. The van der Waals surface area contributed by atoms with E-state index in [-0.39, 0.29) is 29.1 Å². The van der Waals surface area contributed by atoms with Gasteiger partial charge >= 0.3 is 0 Å². The molecule has 1 heterocycles. The second-order valence-corrected chi connectivity index (χ2v) is 6.65. The van der Waals surface area contributed by atoms with Gasteiger partial charge in [0, 0.05) is 25.3 Å². The van der Waals surface area contributed by atoms with E-state index in [0.717, 1.165) is 31.3 Å². The first kappa shape index (κ1) is 18.5. The summed E-state index contributed by atoms with van der Waals surface area (Å²) < 4.78 is 31.3. The van der Waals surface area contributed by atoms with Crippen LogP contribution in [0.5, 0.6) is 5.75 Å². The lowest BCUT2D eigenvalue weighted by atomic mass is 10.1. The summed E-state index contributed by atoms with van der Waals surface area (Å²) in [6.45, 7) is 2.03. The largest absolute Gasteiger partial charge is 0.482 e. The molecule has 2 aromatic rings. The van der Waals surface area contributed by atoms with E-state index in [1.165, 1.54) is 24.3 Å². The van der Waals surface area contributed by atoms with Gasteiger partial charge in [0.2, 0.25) is 0 Å². The molecule has 1 fully saturated rings. The van der Waals surface area contributed by atoms with Gasteiger partial charge in [-0.3, -0.25) is 4.79 Å². The number of rotatable bonds is 6. The van der Waals surface area contributed by atoms with Crippen molar-refractivity contribution in [1.82, 2.24) is 5.32 Å². The lowest BCUT2D eigenvalue weighted by molar-refractivity contribution is -0.123. The van der Waals surface area contributed by atoms with Gasteiger partial charge < -0.3 is 15.0 Å². The first-order chi connectivity index (χ1) is 12.5. The fourth-order valence-corrected chi connectivity index (χ4v) is 3.15. The normalized spacial score (nSPS) is 16.6. The third-order valence-corrected chi connectivity index (χ3v) is 4.61. The Morgan fingerprint density at radius 3 is 2.65 bits per heavy atom. The highest BCUT2D eigenvalue weighted by Gasteiger charge is 2.23. The lowest BCUT2D eigenvalue weighted by Crippen LogP contribution is -2.34. The third kappa shape index (κ3) is 4.85. The molecule has 1 amide bonds. The van der Waals surface area contributed by atoms with E-state index < -0.39 is 5.82 Å². The number of nitrogens with zero attached hydrogens (tertiary/aromatic N) is 1. The SMILES string of the molecule is O=C(COc1ccc(F)cc1Cl)NC[C@@H]1CCN(c2ccc(F)cc2)C1. The van der Waals surface area contributed by atoms with Crippen molar-refractivity contribution in [2.75, 3.05) is 31.1 Å². The Morgan fingerprint density at radius 1 is 1.19 bits per heavy atom. The highest BCUT2D eigenvalue weighted by atomic mass is 35.5. The van der Waals surface area contributed by atoms with Gasteiger partial charge in [-0.25, -0.2) is 8.78 Å². The van der Waals surface area contributed by atoms with E-state index >= 15 is 0 Å². The number of hydrogen-bond donors (Lipinski definition) is 1. The number of benzene rings is 2. The summed E-state index contributed by atoms with van der Waals surface area (Å²) in [6.07, 6.45) is 0.947. The number of amides is 1. The topological polar surface area (TPSA) is 41.6 Å². The van der Waals surface area contributed by atoms with Crippen molar-refractivity contribution in [3.05, 3.63) is 59.1 Å². The maximum atomic E-state index is 13.0. The molecule has 0 aliphatic carbocycles. The lowest BCUT2D eigenvalue weighted by Gasteiger charge is -2.19. The number of ether oxygens (including phenoxy) is 1. The van der Waals surface area contributed by atoms with Gasteiger partial charge in [-0.15, -0.1) is 0 Å². The predicted molar refractivity (Wildman–Crippen MR) is 96.6 cm³/mol. The van der Waals surface area contributed by atoms with Crippen LogP contribution in [0.15, 0.2) is 42.5 Å². The van der Waals surface area contributed by atoms with Gasteiger partial charge in [-0.05, 0) is 54.8 Å². The van der Waals surface area contributed by atoms with Crippen LogP contribution in [-0.4, -0.2) is 32.1 Å². The molecule has 0 radical (unpaired) electrons. The zero-order valence-corrected chi connectivity index (χ0v) is 14.8. The molecular weight excluding hydrogens is 362 g/mol. The minimum Gasteiger partial charge on any atom is -0.482 e. The second kappa shape index (κ2) is 8.36. The Bertz CT molecular complexity index is 771. The summed E-state index contributed by atoms with van der Waals surface area (Å²) in [6, 6.07) is 10.2. The van der Waals surface area contributed by atoms with Crippen LogP contribution in [0.2, 0.25) is 5.02 Å². The van der Waals surface area contributed by atoms with E-state index in [2.05, 4.69) is 10.2 Å². The number of halogens is 3. The van der Waals surface area contributed by atoms with Gasteiger partial charge in [0.15, 0.2) is 6.61 Å². The quantitative estimate of drug-likeness (QED) is 0.832. The van der Waals surface area contributed by atoms with Gasteiger partial charge in [-0.1, -0.05) is 11.6 Å². The standard InChI is InChI=1S/C19H19ClF2N2O2/c20-17-9-15(22)3-6-18(17)26-12-19(25)23-10-13-7-8-24(11-13)16-4-1-14(21)2-5-16/h1-6,9,13H,7-8,10-12H2,(H,23,25)/t13-/m0/s1. The molecule has 1 aliphatic heterocycles. The Labute approximate surface area is 155 Å². The van der Waals surface area contributed by atoms with E-state index in [1.807, 2.05) is 0 Å². The zero-order chi connectivity index (χ0) is 18.5. The fraction of sp³-hybridized carbons (Fsp3) is 0.316. The van der Waals surface area contributed by atoms with Crippen molar-refractivity contribution in [2.24, 2.45) is 5.92 Å². The Kier molecular flexibility index (Phi) is 5.93. The number of carbonyl (C=O) groups is 1. The summed E-state index contributed by atoms with van der Waals surface area (Å²) in [5.74, 6) is -0.382. The van der Waals surface area contributed by atoms with E-state index in [9.17, 15) is 13.6 Å². The molecule has 1 aliphatic rings. The highest BCUT2D eigenvalue weighted by molar-refractivity contribution is 6.32. The number of carbonyl (C=O) groups excluding carboxylic acids is 1. The van der Waals surface area contributed by atoms with Crippen LogP contribution < -0.4 is 15.0 Å². The summed E-state index contributed by atoms with van der Waals surface area (Å²) >= 11 is 5.85. The maximum Gasteiger partial charge on any atom is 0.257 e. The molecule has 2 aromatic carbocycles. The smallest absolute Gasteiger partial charge is 0.257 e. The average Bonchev–Trinajstić information content (AvgIpc) is 3.09. The Balaban J connectivity index is 1.41. The summed E-state index contributed by atoms with van der Waals surface area (Å²) in [4.78, 5) is 14.1. The molecule has 0 unspecified atom stereocenters. The van der Waals surface area contributed by atoms with Crippen molar-refractivity contribution in [3.8, 4) is 5.75 Å². The van der Waals surface area contributed by atoms with Crippen LogP contribution in [0.4, 0.5) is 14.5 Å². The molecule has 1 N–H and O–H groups in total. The summed E-state index contributed by atoms with van der Waals surface area (Å²) in [5, 5.41) is 2.97. The summed E-state index contributed by atoms with van der Waals surface area (Å²) in [5.41, 5.74) is 0.981. The van der Waals surface area contributed by atoms with Crippen LogP contribution in [0.25, 0.3) is 0 Å².